The van der Waals surface area contributed by atoms with Gasteiger partial charge in [0.25, 0.3) is 5.56 Å². The molecule has 0 radical (unpaired) electrons. The number of ether oxygens (including phenoxy) is 1. The fourth-order valence-electron chi connectivity index (χ4n) is 3.17. The van der Waals surface area contributed by atoms with Gasteiger partial charge in [-0.25, -0.2) is 9.78 Å². The number of unbranched alkanes of at least 4 members (excludes halogenated alkanes) is 1. The summed E-state index contributed by atoms with van der Waals surface area (Å²) in [5.74, 6) is 0.487. The molecule has 0 bridgehead atoms. The van der Waals surface area contributed by atoms with Crippen LogP contribution in [0.4, 0.5) is 4.79 Å². The van der Waals surface area contributed by atoms with Gasteiger partial charge in [0.15, 0.2) is 0 Å². The summed E-state index contributed by atoms with van der Waals surface area (Å²) < 4.78 is 5.25. The maximum absolute atomic E-state index is 12.4. The highest BCUT2D eigenvalue weighted by Crippen LogP contribution is 2.09. The van der Waals surface area contributed by atoms with Crippen molar-refractivity contribution in [2.45, 2.75) is 77.9 Å². The Labute approximate surface area is 183 Å². The van der Waals surface area contributed by atoms with Crippen LogP contribution in [0.2, 0.25) is 0 Å². The minimum atomic E-state index is -0.565. The first-order chi connectivity index (χ1) is 14.7. The number of aryl methyl sites for hydroxylation is 1. The van der Waals surface area contributed by atoms with Crippen molar-refractivity contribution in [3.63, 3.8) is 0 Å². The Balaban J connectivity index is 1.83. The number of benzene rings is 1. The van der Waals surface area contributed by atoms with E-state index in [-0.39, 0.29) is 17.5 Å². The number of aromatic amines is 1. The van der Waals surface area contributed by atoms with Gasteiger partial charge in [-0.2, -0.15) is 0 Å². The first kappa shape index (κ1) is 24.4. The first-order valence-corrected chi connectivity index (χ1v) is 10.9. The molecule has 2 amide bonds. The number of amides is 2. The van der Waals surface area contributed by atoms with Crippen LogP contribution in [-0.2, 0) is 16.0 Å². The Morgan fingerprint density at radius 2 is 1.94 bits per heavy atom. The van der Waals surface area contributed by atoms with Gasteiger partial charge < -0.3 is 20.4 Å². The Bertz CT molecular complexity index is 933. The molecule has 0 aliphatic rings. The van der Waals surface area contributed by atoms with Crippen LogP contribution in [0.5, 0.6) is 0 Å². The molecule has 1 aromatic heterocycles. The largest absolute Gasteiger partial charge is 0.444 e. The van der Waals surface area contributed by atoms with Gasteiger partial charge in [0.2, 0.25) is 5.91 Å². The zero-order chi connectivity index (χ0) is 22.9. The van der Waals surface area contributed by atoms with Gasteiger partial charge in [-0.1, -0.05) is 31.9 Å². The molecule has 1 heterocycles. The number of hydrogen-bond donors (Lipinski definition) is 3. The van der Waals surface area contributed by atoms with Crippen LogP contribution in [0.1, 0.15) is 65.6 Å². The van der Waals surface area contributed by atoms with Crippen molar-refractivity contribution in [3.05, 3.63) is 40.4 Å². The van der Waals surface area contributed by atoms with Gasteiger partial charge in [0, 0.05) is 25.4 Å². The SMILES string of the molecule is CCCCC(CNC(=O)OC(C)(C)C)NC(=O)CCCc1nc2ccccc2c(=O)[nH]1. The highest BCUT2D eigenvalue weighted by atomic mass is 16.6. The second-order valence-corrected chi connectivity index (χ2v) is 8.67. The number of fused-ring (bicyclic) bond motifs is 1. The molecule has 31 heavy (non-hydrogen) atoms. The third-order valence-corrected chi connectivity index (χ3v) is 4.64. The number of para-hydroxylation sites is 1. The molecule has 2 rings (SSSR count). The van der Waals surface area contributed by atoms with E-state index in [0.29, 0.717) is 42.5 Å². The van der Waals surface area contributed by atoms with E-state index in [1.54, 1.807) is 39.0 Å². The van der Waals surface area contributed by atoms with Crippen molar-refractivity contribution >= 4 is 22.9 Å². The molecule has 1 aromatic carbocycles. The first-order valence-electron chi connectivity index (χ1n) is 10.9. The number of carbonyl (C=O) groups is 2. The summed E-state index contributed by atoms with van der Waals surface area (Å²) in [7, 11) is 0. The molecule has 1 unspecified atom stereocenters. The predicted octanol–water partition coefficient (Wildman–Crippen LogP) is 3.45. The lowest BCUT2D eigenvalue weighted by Crippen LogP contribution is -2.44. The fraction of sp³-hybridized carbons (Fsp3) is 0.565. The Kier molecular flexibility index (Phi) is 9.03. The third kappa shape index (κ3) is 8.78. The van der Waals surface area contributed by atoms with Gasteiger partial charge in [0.05, 0.1) is 10.9 Å². The number of nitrogens with one attached hydrogen (secondary N) is 3. The highest BCUT2D eigenvalue weighted by Gasteiger charge is 2.18. The molecule has 0 aliphatic heterocycles. The van der Waals surface area contributed by atoms with Gasteiger partial charge >= 0.3 is 6.09 Å². The second-order valence-electron chi connectivity index (χ2n) is 8.67. The average Bonchev–Trinajstić information content (AvgIpc) is 2.69. The smallest absolute Gasteiger partial charge is 0.407 e. The van der Waals surface area contributed by atoms with Crippen LogP contribution in [0.3, 0.4) is 0 Å². The van der Waals surface area contributed by atoms with Crippen LogP contribution in [0.25, 0.3) is 10.9 Å². The molecule has 3 N–H and O–H groups in total. The number of carbonyl (C=O) groups excluding carboxylic acids is 2. The second kappa shape index (κ2) is 11.5. The molecular weight excluding hydrogens is 396 g/mol. The van der Waals surface area contributed by atoms with E-state index < -0.39 is 11.7 Å². The lowest BCUT2D eigenvalue weighted by molar-refractivity contribution is -0.121. The van der Waals surface area contributed by atoms with Crippen LogP contribution in [-0.4, -0.2) is 40.2 Å². The summed E-state index contributed by atoms with van der Waals surface area (Å²) in [6.07, 6.45) is 3.61. The van der Waals surface area contributed by atoms with E-state index in [1.165, 1.54) is 0 Å². The minimum absolute atomic E-state index is 0.0878. The van der Waals surface area contributed by atoms with Crippen LogP contribution in [0, 0.1) is 0 Å². The minimum Gasteiger partial charge on any atom is -0.444 e. The van der Waals surface area contributed by atoms with Crippen molar-refractivity contribution in [1.29, 1.82) is 0 Å². The predicted molar refractivity (Wildman–Crippen MR) is 121 cm³/mol. The molecule has 8 nitrogen and oxygen atoms in total. The molecule has 1 atom stereocenters. The molecule has 0 aliphatic carbocycles. The van der Waals surface area contributed by atoms with Gasteiger partial charge in [-0.15, -0.1) is 0 Å². The standard InChI is InChI=1S/C23H34N4O4/c1-5-6-10-16(15-24-22(30)31-23(2,3)4)25-20(28)14-9-13-19-26-18-12-8-7-11-17(18)21(29)27-19/h7-8,11-12,16H,5-6,9-10,13-15H2,1-4H3,(H,24,30)(H,25,28)(H,26,27,29). The number of alkyl carbamates (subject to hydrolysis) is 1. The molecule has 0 spiro atoms. The topological polar surface area (TPSA) is 113 Å². The zero-order valence-electron chi connectivity index (χ0n) is 18.9. The lowest BCUT2D eigenvalue weighted by Gasteiger charge is -2.22. The van der Waals surface area contributed by atoms with E-state index in [4.69, 9.17) is 4.74 Å². The van der Waals surface area contributed by atoms with E-state index in [1.807, 2.05) is 6.07 Å². The van der Waals surface area contributed by atoms with Crippen molar-refractivity contribution in [2.24, 2.45) is 0 Å². The highest BCUT2D eigenvalue weighted by molar-refractivity contribution is 5.77. The number of H-pyrrole nitrogens is 1. The summed E-state index contributed by atoms with van der Waals surface area (Å²) in [5, 5.41) is 6.28. The third-order valence-electron chi connectivity index (χ3n) is 4.64. The molecule has 0 saturated heterocycles. The number of nitrogens with zero attached hydrogens (tertiary/aromatic N) is 1. The maximum Gasteiger partial charge on any atom is 0.407 e. The van der Waals surface area contributed by atoms with Crippen LogP contribution >= 0.6 is 0 Å². The Hall–Kier alpha value is -2.90. The van der Waals surface area contributed by atoms with Crippen molar-refractivity contribution in [1.82, 2.24) is 20.6 Å². The number of hydrogen-bond acceptors (Lipinski definition) is 5. The molecule has 170 valence electrons. The molecule has 8 heteroatoms. The molecular formula is C23H34N4O4. The molecule has 0 fully saturated rings. The average molecular weight is 431 g/mol. The van der Waals surface area contributed by atoms with E-state index >= 15 is 0 Å². The maximum atomic E-state index is 12.4. The lowest BCUT2D eigenvalue weighted by atomic mass is 10.1. The quantitative estimate of drug-likeness (QED) is 0.534. The summed E-state index contributed by atoms with van der Waals surface area (Å²) in [4.78, 5) is 43.7. The number of rotatable bonds is 10. The summed E-state index contributed by atoms with van der Waals surface area (Å²) >= 11 is 0. The summed E-state index contributed by atoms with van der Waals surface area (Å²) in [6.45, 7) is 7.82. The van der Waals surface area contributed by atoms with Crippen LogP contribution < -0.4 is 16.2 Å². The normalized spacial score (nSPS) is 12.4. The zero-order valence-corrected chi connectivity index (χ0v) is 18.9. The van der Waals surface area contributed by atoms with Crippen molar-refractivity contribution < 1.29 is 14.3 Å². The summed E-state index contributed by atoms with van der Waals surface area (Å²) in [5.41, 5.74) is -0.0826. The molecule has 0 saturated carbocycles. The van der Waals surface area contributed by atoms with Gasteiger partial charge in [0.1, 0.15) is 11.4 Å². The van der Waals surface area contributed by atoms with Crippen molar-refractivity contribution in [2.75, 3.05) is 6.54 Å². The van der Waals surface area contributed by atoms with Gasteiger partial charge in [-0.05, 0) is 45.7 Å². The Morgan fingerprint density at radius 3 is 2.65 bits per heavy atom. The van der Waals surface area contributed by atoms with E-state index in [0.717, 1.165) is 19.3 Å². The van der Waals surface area contributed by atoms with Gasteiger partial charge in [-0.3, -0.25) is 9.59 Å². The monoisotopic (exact) mass is 430 g/mol. The van der Waals surface area contributed by atoms with E-state index in [2.05, 4.69) is 27.5 Å². The molecule has 2 aromatic rings. The summed E-state index contributed by atoms with van der Waals surface area (Å²) in [6, 6.07) is 7.03. The van der Waals surface area contributed by atoms with Crippen molar-refractivity contribution in [3.8, 4) is 0 Å². The van der Waals surface area contributed by atoms with Crippen LogP contribution in [0.15, 0.2) is 29.1 Å². The number of aromatic nitrogens is 2. The Morgan fingerprint density at radius 1 is 1.19 bits per heavy atom. The fourth-order valence-corrected chi connectivity index (χ4v) is 3.17. The van der Waals surface area contributed by atoms with E-state index in [9.17, 15) is 14.4 Å².